The molecule has 1 fully saturated rings. The molecule has 3 nitrogen and oxygen atoms in total. The number of rotatable bonds is 0. The summed E-state index contributed by atoms with van der Waals surface area (Å²) < 4.78 is 0. The molecule has 1 aliphatic rings. The van der Waals surface area contributed by atoms with Gasteiger partial charge in [-0.15, -0.1) is 0 Å². The SMILES string of the molecule is [OH+]=C1CCC(=[OH+])N1. The maximum Gasteiger partial charge on any atom is 0.400 e. The lowest BCUT2D eigenvalue weighted by molar-refractivity contribution is 0.641. The fourth-order valence-corrected chi connectivity index (χ4v) is 0.528. The molecule has 3 N–H and O–H groups in total. The van der Waals surface area contributed by atoms with Crippen molar-refractivity contribution in [1.82, 2.24) is 5.32 Å². The Hall–Kier alpha value is -0.860. The van der Waals surface area contributed by atoms with Gasteiger partial charge in [0.15, 0.2) is 0 Å². The summed E-state index contributed by atoms with van der Waals surface area (Å²) in [7, 11) is 0. The van der Waals surface area contributed by atoms with Gasteiger partial charge in [-0.25, -0.2) is 5.32 Å². The standard InChI is InChI=1S/C4H5NO2/c6-3-1-2-4(7)5-3/h1-2H2,(H,5,6,7)/p+2. The van der Waals surface area contributed by atoms with Crippen LogP contribution in [0.5, 0.6) is 0 Å². The van der Waals surface area contributed by atoms with Gasteiger partial charge < -0.3 is 0 Å². The smallest absolute Gasteiger partial charge is 0.261 e. The quantitative estimate of drug-likeness (QED) is 0.312. The molecule has 0 bridgehead atoms. The third kappa shape index (κ3) is 0.765. The first-order valence-corrected chi connectivity index (χ1v) is 2.15. The van der Waals surface area contributed by atoms with E-state index >= 15 is 0 Å². The summed E-state index contributed by atoms with van der Waals surface area (Å²) in [6, 6.07) is 0. The number of carbonyl (C=O) groups excluding carboxylic acids is 2. The molecule has 0 aromatic heterocycles. The molecule has 7 heavy (non-hydrogen) atoms. The van der Waals surface area contributed by atoms with Crippen LogP contribution >= 0.6 is 0 Å². The number of hydrogen-bond acceptors (Lipinski definition) is 0. The highest BCUT2D eigenvalue weighted by atomic mass is 16.2. The average Bonchev–Trinajstić information content (AvgIpc) is 1.87. The van der Waals surface area contributed by atoms with Crippen LogP contribution in [-0.2, 0) is 0 Å². The lowest BCUT2D eigenvalue weighted by Gasteiger charge is -1.67. The summed E-state index contributed by atoms with van der Waals surface area (Å²) in [6.45, 7) is 0. The Kier molecular flexibility index (Phi) is 0.817. The third-order valence-corrected chi connectivity index (χ3v) is 0.887. The first-order valence-electron chi connectivity index (χ1n) is 2.15. The van der Waals surface area contributed by atoms with Gasteiger partial charge >= 0.3 is 11.8 Å². The summed E-state index contributed by atoms with van der Waals surface area (Å²) in [5, 5.41) is 2.36. The van der Waals surface area contributed by atoms with Gasteiger partial charge in [-0.1, -0.05) is 0 Å². The minimum atomic E-state index is 0.164. The summed E-state index contributed by atoms with van der Waals surface area (Å²) in [5.41, 5.74) is 0. The van der Waals surface area contributed by atoms with Gasteiger partial charge in [-0.05, 0) is 0 Å². The Morgan fingerprint density at radius 3 is 1.71 bits per heavy atom. The van der Waals surface area contributed by atoms with E-state index in [1.807, 2.05) is 0 Å². The molecule has 3 heteroatoms. The normalized spacial score (nSPS) is 20.0. The molecule has 1 saturated heterocycles. The number of nitrogens with one attached hydrogen (secondary N) is 1. The van der Waals surface area contributed by atoms with Crippen LogP contribution in [0.3, 0.4) is 0 Å². The summed E-state index contributed by atoms with van der Waals surface area (Å²) >= 11 is 0. The van der Waals surface area contributed by atoms with Gasteiger partial charge in [0.2, 0.25) is 0 Å². The maximum absolute atomic E-state index is 8.52. The fourth-order valence-electron chi connectivity index (χ4n) is 0.528. The van der Waals surface area contributed by atoms with E-state index in [4.69, 9.17) is 9.59 Å². The van der Waals surface area contributed by atoms with E-state index in [-0.39, 0.29) is 11.8 Å². The molecule has 2 amide bonds. The molecule has 0 unspecified atom stereocenters. The lowest BCUT2D eigenvalue weighted by Crippen LogP contribution is -2.19. The van der Waals surface area contributed by atoms with Crippen LogP contribution in [0.15, 0.2) is 0 Å². The average molecular weight is 101 g/mol. The highest BCUT2D eigenvalue weighted by molar-refractivity contribution is 6.02. The predicted octanol–water partition coefficient (Wildman–Crippen LogP) is -0.625. The molecule has 1 heterocycles. The zero-order valence-electron chi connectivity index (χ0n) is 3.81. The Bertz CT molecular complexity index is 105. The molecule has 0 aromatic rings. The zero-order chi connectivity index (χ0) is 5.28. The molecule has 38 valence electrons. The van der Waals surface area contributed by atoms with Gasteiger partial charge in [-0.3, -0.25) is 9.59 Å². The van der Waals surface area contributed by atoms with Crippen LogP contribution in [0.25, 0.3) is 0 Å². The molecule has 0 spiro atoms. The van der Waals surface area contributed by atoms with Crippen LogP contribution in [0.1, 0.15) is 12.8 Å². The first-order chi connectivity index (χ1) is 3.29. The second-order valence-corrected chi connectivity index (χ2v) is 1.52. The van der Waals surface area contributed by atoms with Crippen molar-refractivity contribution in [3.05, 3.63) is 0 Å². The monoisotopic (exact) mass is 101 g/mol. The molecular formula is C4H7NO2+2. The molecule has 0 radical (unpaired) electrons. The maximum atomic E-state index is 8.52. The first kappa shape index (κ1) is 4.30. The van der Waals surface area contributed by atoms with E-state index in [0.717, 1.165) is 0 Å². The highest BCUT2D eigenvalue weighted by Gasteiger charge is 2.27. The van der Waals surface area contributed by atoms with Crippen LogP contribution < -0.4 is 5.32 Å². The van der Waals surface area contributed by atoms with Crippen molar-refractivity contribution in [3.8, 4) is 0 Å². The van der Waals surface area contributed by atoms with E-state index in [2.05, 4.69) is 5.32 Å². The number of amides is 2. The van der Waals surface area contributed by atoms with E-state index in [1.165, 1.54) is 0 Å². The molecular weight excluding hydrogens is 94.0 g/mol. The van der Waals surface area contributed by atoms with E-state index in [9.17, 15) is 0 Å². The highest BCUT2D eigenvalue weighted by Crippen LogP contribution is 1.95. The predicted molar refractivity (Wildman–Crippen MR) is 26.3 cm³/mol. The van der Waals surface area contributed by atoms with Crippen LogP contribution in [0.2, 0.25) is 0 Å². The van der Waals surface area contributed by atoms with Gasteiger partial charge in [0.25, 0.3) is 0 Å². The second kappa shape index (κ2) is 1.33. The molecule has 1 rings (SSSR count). The van der Waals surface area contributed by atoms with Gasteiger partial charge in [0.1, 0.15) is 0 Å². The topological polar surface area (TPSA) is 54.8 Å². The number of hydrogen-bond donors (Lipinski definition) is 1. The van der Waals surface area contributed by atoms with Crippen LogP contribution in [-0.4, -0.2) is 21.4 Å². The molecule has 0 aliphatic carbocycles. The molecule has 0 aromatic carbocycles. The zero-order valence-corrected chi connectivity index (χ0v) is 3.81. The van der Waals surface area contributed by atoms with E-state index in [1.54, 1.807) is 0 Å². The van der Waals surface area contributed by atoms with Gasteiger partial charge in [0, 0.05) is 0 Å². The summed E-state index contributed by atoms with van der Waals surface area (Å²) in [5.74, 6) is 0.329. The summed E-state index contributed by atoms with van der Waals surface area (Å²) in [6.07, 6.45) is 1.09. The van der Waals surface area contributed by atoms with Crippen molar-refractivity contribution in [3.63, 3.8) is 0 Å². The minimum Gasteiger partial charge on any atom is -0.261 e. The largest absolute Gasteiger partial charge is 0.400 e. The minimum absolute atomic E-state index is 0.164. The van der Waals surface area contributed by atoms with Crippen molar-refractivity contribution in [2.45, 2.75) is 12.8 Å². The van der Waals surface area contributed by atoms with Crippen molar-refractivity contribution in [1.29, 1.82) is 0 Å². The van der Waals surface area contributed by atoms with Crippen molar-refractivity contribution >= 4 is 11.8 Å². The van der Waals surface area contributed by atoms with Gasteiger partial charge in [0.05, 0.1) is 12.8 Å². The lowest BCUT2D eigenvalue weighted by atomic mass is 10.4. The van der Waals surface area contributed by atoms with E-state index in [0.29, 0.717) is 12.8 Å². The Morgan fingerprint density at radius 1 is 1.14 bits per heavy atom. The third-order valence-electron chi connectivity index (χ3n) is 0.887. The van der Waals surface area contributed by atoms with Crippen molar-refractivity contribution < 1.29 is 9.59 Å². The Labute approximate surface area is 40.7 Å². The Morgan fingerprint density at radius 2 is 1.57 bits per heavy atom. The van der Waals surface area contributed by atoms with E-state index < -0.39 is 0 Å². The van der Waals surface area contributed by atoms with Crippen LogP contribution in [0, 0.1) is 0 Å². The van der Waals surface area contributed by atoms with Crippen molar-refractivity contribution in [2.75, 3.05) is 0 Å². The Balaban J connectivity index is 2.55. The molecule has 0 saturated carbocycles. The van der Waals surface area contributed by atoms with Crippen molar-refractivity contribution in [2.24, 2.45) is 0 Å². The van der Waals surface area contributed by atoms with Crippen LogP contribution in [0.4, 0.5) is 0 Å². The number of imide groups is 1. The fraction of sp³-hybridized carbons (Fsp3) is 0.500. The molecule has 1 aliphatic heterocycles. The summed E-state index contributed by atoms with van der Waals surface area (Å²) in [4.78, 5) is 17.0. The second-order valence-electron chi connectivity index (χ2n) is 1.52. The molecule has 0 atom stereocenters. The van der Waals surface area contributed by atoms with Gasteiger partial charge in [-0.2, -0.15) is 0 Å².